The van der Waals surface area contributed by atoms with Crippen molar-refractivity contribution in [3.63, 3.8) is 0 Å². The van der Waals surface area contributed by atoms with Crippen LogP contribution in [0.4, 0.5) is 0 Å². The molecule has 4 rings (SSSR count). The summed E-state index contributed by atoms with van der Waals surface area (Å²) in [7, 11) is 0. The normalized spacial score (nSPS) is 11.3. The van der Waals surface area contributed by atoms with Gasteiger partial charge in [-0.3, -0.25) is 0 Å². The number of hydrogen-bond donors (Lipinski definition) is 0. The van der Waals surface area contributed by atoms with E-state index < -0.39 is 0 Å². The first-order valence-corrected chi connectivity index (χ1v) is 10.2. The van der Waals surface area contributed by atoms with Gasteiger partial charge in [0.2, 0.25) is 0 Å². The zero-order valence-corrected chi connectivity index (χ0v) is 16.8. The highest BCUT2D eigenvalue weighted by Gasteiger charge is 2.08. The Morgan fingerprint density at radius 1 is 0.862 bits per heavy atom. The molecule has 0 radical (unpaired) electrons. The highest BCUT2D eigenvalue weighted by molar-refractivity contribution is 5.79. The van der Waals surface area contributed by atoms with E-state index in [1.54, 1.807) is 0 Å². The molecule has 3 nitrogen and oxygen atoms in total. The van der Waals surface area contributed by atoms with Crippen LogP contribution in [0.1, 0.15) is 30.3 Å². The third-order valence-electron chi connectivity index (χ3n) is 5.03. The summed E-state index contributed by atoms with van der Waals surface area (Å²) in [5.41, 5.74) is 4.69. The molecule has 4 aromatic rings. The fourth-order valence-corrected chi connectivity index (χ4v) is 3.43. The van der Waals surface area contributed by atoms with Gasteiger partial charge in [0, 0.05) is 6.54 Å². The molecular weight excluding hydrogens is 356 g/mol. The van der Waals surface area contributed by atoms with E-state index in [1.165, 1.54) is 11.1 Å². The van der Waals surface area contributed by atoms with Crippen LogP contribution in [-0.4, -0.2) is 16.2 Å². The number of nitrogens with zero attached hydrogens (tertiary/aromatic N) is 2. The van der Waals surface area contributed by atoms with Gasteiger partial charge >= 0.3 is 0 Å². The number of benzene rings is 3. The predicted molar refractivity (Wildman–Crippen MR) is 121 cm³/mol. The Labute approximate surface area is 172 Å². The minimum absolute atomic E-state index is 0.680. The average molecular weight is 383 g/mol. The minimum Gasteiger partial charge on any atom is -0.494 e. The van der Waals surface area contributed by atoms with Crippen molar-refractivity contribution in [2.75, 3.05) is 6.61 Å². The fourth-order valence-electron chi connectivity index (χ4n) is 3.43. The van der Waals surface area contributed by atoms with Crippen LogP contribution in [-0.2, 0) is 13.0 Å². The Hall–Kier alpha value is -3.33. The molecule has 0 aliphatic rings. The van der Waals surface area contributed by atoms with Crippen LogP contribution >= 0.6 is 0 Å². The summed E-state index contributed by atoms with van der Waals surface area (Å²) in [6.45, 7) is 3.71. The summed E-state index contributed by atoms with van der Waals surface area (Å²) in [6.07, 6.45) is 6.18. The highest BCUT2D eigenvalue weighted by atomic mass is 16.5. The molecule has 0 bridgehead atoms. The number of fused-ring (bicyclic) bond motifs is 1. The molecule has 0 saturated carbocycles. The molecule has 146 valence electrons. The van der Waals surface area contributed by atoms with Gasteiger partial charge in [0.05, 0.1) is 17.6 Å². The molecule has 1 heterocycles. The van der Waals surface area contributed by atoms with Gasteiger partial charge in [-0.05, 0) is 54.3 Å². The molecule has 0 fully saturated rings. The smallest absolute Gasteiger partial charge is 0.133 e. The number of hydrogen-bond acceptors (Lipinski definition) is 2. The summed E-state index contributed by atoms with van der Waals surface area (Å²) in [5.74, 6) is 1.91. The number of ether oxygens (including phenoxy) is 1. The SMILES string of the molecule is CCc1ccc(OCCCn2c(/C=C/c3ccccc3)nc3ccccc32)cc1. The van der Waals surface area contributed by atoms with Crippen molar-refractivity contribution in [2.24, 2.45) is 0 Å². The molecule has 29 heavy (non-hydrogen) atoms. The molecule has 0 aliphatic heterocycles. The van der Waals surface area contributed by atoms with Crippen molar-refractivity contribution in [2.45, 2.75) is 26.3 Å². The molecule has 0 unspecified atom stereocenters. The molecule has 0 saturated heterocycles. The van der Waals surface area contributed by atoms with Gasteiger partial charge in [0.25, 0.3) is 0 Å². The summed E-state index contributed by atoms with van der Waals surface area (Å²) in [5, 5.41) is 0. The van der Waals surface area contributed by atoms with E-state index in [2.05, 4.69) is 78.2 Å². The standard InChI is InChI=1S/C26H26N2O/c1-2-21-13-16-23(17-14-21)29-20-8-19-28-25-12-7-6-11-24(25)27-26(28)18-15-22-9-4-3-5-10-22/h3-7,9-18H,2,8,19-20H2,1H3/b18-15+. The molecule has 0 N–H and O–H groups in total. The van der Waals surface area contributed by atoms with Crippen molar-refractivity contribution in [1.82, 2.24) is 9.55 Å². The molecule has 0 aliphatic carbocycles. The molecule has 3 aromatic carbocycles. The molecule has 0 atom stereocenters. The highest BCUT2D eigenvalue weighted by Crippen LogP contribution is 2.19. The third-order valence-corrected chi connectivity index (χ3v) is 5.03. The van der Waals surface area contributed by atoms with Crippen LogP contribution < -0.4 is 4.74 Å². The first-order valence-electron chi connectivity index (χ1n) is 10.2. The van der Waals surface area contributed by atoms with Crippen molar-refractivity contribution in [3.8, 4) is 5.75 Å². The fraction of sp³-hybridized carbons (Fsp3) is 0.192. The minimum atomic E-state index is 0.680. The molecular formula is C26H26N2O. The zero-order valence-electron chi connectivity index (χ0n) is 16.8. The summed E-state index contributed by atoms with van der Waals surface area (Å²) < 4.78 is 8.21. The van der Waals surface area contributed by atoms with Crippen molar-refractivity contribution in [3.05, 3.63) is 95.8 Å². The molecule has 0 amide bonds. The molecule has 3 heteroatoms. The second-order valence-electron chi connectivity index (χ2n) is 7.05. The van der Waals surface area contributed by atoms with Crippen LogP contribution in [0.15, 0.2) is 78.9 Å². The molecule has 1 aromatic heterocycles. The Morgan fingerprint density at radius 2 is 1.62 bits per heavy atom. The molecule has 0 spiro atoms. The van der Waals surface area contributed by atoms with Gasteiger partial charge in [0.15, 0.2) is 0 Å². The number of rotatable bonds is 8. The second kappa shape index (κ2) is 9.24. The number of aryl methyl sites for hydroxylation is 2. The Kier molecular flexibility index (Phi) is 6.06. The van der Waals surface area contributed by atoms with Gasteiger partial charge in [-0.25, -0.2) is 4.98 Å². The maximum absolute atomic E-state index is 5.93. The van der Waals surface area contributed by atoms with Gasteiger partial charge in [-0.15, -0.1) is 0 Å². The summed E-state index contributed by atoms with van der Waals surface area (Å²) in [6, 6.07) is 27.0. The lowest BCUT2D eigenvalue weighted by molar-refractivity contribution is 0.302. The van der Waals surface area contributed by atoms with Gasteiger partial charge in [0.1, 0.15) is 11.6 Å². The van der Waals surface area contributed by atoms with Crippen molar-refractivity contribution < 1.29 is 4.74 Å². The lowest BCUT2D eigenvalue weighted by Gasteiger charge is -2.09. The van der Waals surface area contributed by atoms with Crippen molar-refractivity contribution in [1.29, 1.82) is 0 Å². The van der Waals surface area contributed by atoms with Crippen LogP contribution in [0, 0.1) is 0 Å². The number of imidazole rings is 1. The monoisotopic (exact) mass is 382 g/mol. The first kappa shape index (κ1) is 19.0. The number of aromatic nitrogens is 2. The quantitative estimate of drug-likeness (QED) is 0.337. The Morgan fingerprint density at radius 3 is 2.41 bits per heavy atom. The maximum Gasteiger partial charge on any atom is 0.133 e. The second-order valence-corrected chi connectivity index (χ2v) is 7.05. The van der Waals surface area contributed by atoms with Crippen LogP contribution in [0.25, 0.3) is 23.2 Å². The predicted octanol–water partition coefficient (Wildman–Crippen LogP) is 6.24. The third kappa shape index (κ3) is 4.75. The van der Waals surface area contributed by atoms with Crippen LogP contribution in [0.2, 0.25) is 0 Å². The maximum atomic E-state index is 5.93. The number of para-hydroxylation sites is 2. The van der Waals surface area contributed by atoms with Gasteiger partial charge in [-0.2, -0.15) is 0 Å². The van der Waals surface area contributed by atoms with E-state index in [9.17, 15) is 0 Å². The van der Waals surface area contributed by atoms with E-state index in [-0.39, 0.29) is 0 Å². The van der Waals surface area contributed by atoms with Crippen LogP contribution in [0.3, 0.4) is 0 Å². The largest absolute Gasteiger partial charge is 0.494 e. The van der Waals surface area contributed by atoms with Gasteiger partial charge < -0.3 is 9.30 Å². The first-order chi connectivity index (χ1) is 14.3. The lowest BCUT2D eigenvalue weighted by atomic mass is 10.2. The van der Waals surface area contributed by atoms with E-state index in [0.717, 1.165) is 42.0 Å². The van der Waals surface area contributed by atoms with Crippen molar-refractivity contribution >= 4 is 23.2 Å². The van der Waals surface area contributed by atoms with E-state index in [4.69, 9.17) is 9.72 Å². The average Bonchev–Trinajstić information content (AvgIpc) is 3.14. The van der Waals surface area contributed by atoms with Crippen LogP contribution in [0.5, 0.6) is 5.75 Å². The Bertz CT molecular complexity index is 1080. The summed E-state index contributed by atoms with van der Waals surface area (Å²) >= 11 is 0. The zero-order chi connectivity index (χ0) is 19.9. The van der Waals surface area contributed by atoms with E-state index in [1.807, 2.05) is 24.3 Å². The Balaban J connectivity index is 1.46. The van der Waals surface area contributed by atoms with E-state index in [0.29, 0.717) is 6.61 Å². The summed E-state index contributed by atoms with van der Waals surface area (Å²) in [4.78, 5) is 4.82. The lowest BCUT2D eigenvalue weighted by Crippen LogP contribution is -2.06. The van der Waals surface area contributed by atoms with E-state index >= 15 is 0 Å². The van der Waals surface area contributed by atoms with Gasteiger partial charge in [-0.1, -0.05) is 67.6 Å². The topological polar surface area (TPSA) is 27.1 Å².